The Morgan fingerprint density at radius 1 is 1.17 bits per heavy atom. The molecule has 2 N–H and O–H groups in total. The summed E-state index contributed by atoms with van der Waals surface area (Å²) in [6, 6.07) is 14.1. The van der Waals surface area contributed by atoms with Crippen LogP contribution in [0.5, 0.6) is 0 Å². The fraction of sp³-hybridized carbons (Fsp3) is 0.200. The molecule has 2 rings (SSSR count). The molecule has 0 aliphatic carbocycles. The van der Waals surface area contributed by atoms with Crippen LogP contribution in [0.2, 0.25) is 0 Å². The number of aliphatic hydroxyl groups excluding tert-OH is 1. The topological polar surface area (TPSA) is 32.3 Å². The third-order valence-electron chi connectivity index (χ3n) is 2.80. The van der Waals surface area contributed by atoms with E-state index in [0.717, 1.165) is 22.3 Å². The molecule has 0 aromatic heterocycles. The van der Waals surface area contributed by atoms with Crippen LogP contribution in [0.15, 0.2) is 46.9 Å². The number of benzene rings is 2. The minimum Gasteiger partial charge on any atom is -0.392 e. The van der Waals surface area contributed by atoms with Gasteiger partial charge in [-0.25, -0.2) is 0 Å². The number of hydrogen-bond acceptors (Lipinski definition) is 2. The van der Waals surface area contributed by atoms with E-state index in [1.165, 1.54) is 11.1 Å². The third-order valence-corrected chi connectivity index (χ3v) is 3.54. The first-order chi connectivity index (χ1) is 8.69. The van der Waals surface area contributed by atoms with Crippen molar-refractivity contribution in [3.63, 3.8) is 0 Å². The molecule has 0 aliphatic heterocycles. The number of anilines is 1. The molecule has 94 valence electrons. The Morgan fingerprint density at radius 2 is 2.00 bits per heavy atom. The number of nitrogens with one attached hydrogen (secondary N) is 1. The maximum absolute atomic E-state index is 9.09. The second-order valence-electron chi connectivity index (χ2n) is 4.31. The van der Waals surface area contributed by atoms with Crippen LogP contribution in [0.4, 0.5) is 5.69 Å². The van der Waals surface area contributed by atoms with Gasteiger partial charge >= 0.3 is 0 Å². The summed E-state index contributed by atoms with van der Waals surface area (Å²) < 4.78 is 1.12. The van der Waals surface area contributed by atoms with Gasteiger partial charge in [-0.15, -0.1) is 0 Å². The van der Waals surface area contributed by atoms with E-state index in [1.54, 1.807) is 0 Å². The molecule has 2 nitrogen and oxygen atoms in total. The van der Waals surface area contributed by atoms with Crippen molar-refractivity contribution in [3.05, 3.63) is 63.6 Å². The van der Waals surface area contributed by atoms with Crippen LogP contribution in [0, 0.1) is 6.92 Å². The normalized spacial score (nSPS) is 10.4. The molecule has 3 heteroatoms. The molecule has 2 aromatic rings. The molecule has 0 fully saturated rings. The first-order valence-electron chi connectivity index (χ1n) is 5.88. The molecule has 0 heterocycles. The van der Waals surface area contributed by atoms with Crippen molar-refractivity contribution < 1.29 is 5.11 Å². The molecule has 0 saturated heterocycles. The standard InChI is InChI=1S/C15H16BrNO/c1-11-5-6-13(15(16)7-11)9-17-14-4-2-3-12(8-14)10-18/h2-8,17-18H,9-10H2,1H3. The van der Waals surface area contributed by atoms with Gasteiger partial charge in [-0.3, -0.25) is 0 Å². The molecule has 0 amide bonds. The average Bonchev–Trinajstić information content (AvgIpc) is 2.38. The summed E-state index contributed by atoms with van der Waals surface area (Å²) in [5.41, 5.74) is 4.40. The van der Waals surface area contributed by atoms with E-state index in [1.807, 2.05) is 24.3 Å². The fourth-order valence-electron chi connectivity index (χ4n) is 1.77. The molecule has 0 aliphatic rings. The van der Waals surface area contributed by atoms with Gasteiger partial charge in [-0.1, -0.05) is 40.2 Å². The SMILES string of the molecule is Cc1ccc(CNc2cccc(CO)c2)c(Br)c1. The Hall–Kier alpha value is -1.32. The van der Waals surface area contributed by atoms with Crippen LogP contribution in [-0.2, 0) is 13.2 Å². The number of rotatable bonds is 4. The summed E-state index contributed by atoms with van der Waals surface area (Å²) in [6.45, 7) is 2.91. The molecular weight excluding hydrogens is 290 g/mol. The molecule has 0 saturated carbocycles. The minimum absolute atomic E-state index is 0.0732. The Kier molecular flexibility index (Phi) is 4.39. The number of hydrogen-bond donors (Lipinski definition) is 2. The van der Waals surface area contributed by atoms with Crippen molar-refractivity contribution >= 4 is 21.6 Å². The summed E-state index contributed by atoms with van der Waals surface area (Å²) in [6.07, 6.45) is 0. The van der Waals surface area contributed by atoms with E-state index in [2.05, 4.69) is 46.4 Å². The second kappa shape index (κ2) is 6.03. The predicted molar refractivity (Wildman–Crippen MR) is 78.6 cm³/mol. The van der Waals surface area contributed by atoms with E-state index < -0.39 is 0 Å². The fourth-order valence-corrected chi connectivity index (χ4v) is 2.41. The lowest BCUT2D eigenvalue weighted by Crippen LogP contribution is -2.00. The molecule has 0 unspecified atom stereocenters. The van der Waals surface area contributed by atoms with E-state index in [-0.39, 0.29) is 6.61 Å². The Morgan fingerprint density at radius 3 is 2.72 bits per heavy atom. The number of aryl methyl sites for hydroxylation is 1. The first-order valence-corrected chi connectivity index (χ1v) is 6.67. The minimum atomic E-state index is 0.0732. The van der Waals surface area contributed by atoms with Crippen LogP contribution >= 0.6 is 15.9 Å². The smallest absolute Gasteiger partial charge is 0.0682 e. The van der Waals surface area contributed by atoms with Crippen molar-refractivity contribution in [2.45, 2.75) is 20.1 Å². The quantitative estimate of drug-likeness (QED) is 0.899. The molecule has 0 bridgehead atoms. The summed E-state index contributed by atoms with van der Waals surface area (Å²) >= 11 is 3.57. The lowest BCUT2D eigenvalue weighted by molar-refractivity contribution is 0.282. The molecule has 0 atom stereocenters. The summed E-state index contributed by atoms with van der Waals surface area (Å²) in [7, 11) is 0. The second-order valence-corrected chi connectivity index (χ2v) is 5.16. The maximum atomic E-state index is 9.09. The van der Waals surface area contributed by atoms with Gasteiger partial charge in [0.25, 0.3) is 0 Å². The van der Waals surface area contributed by atoms with Crippen LogP contribution in [0.1, 0.15) is 16.7 Å². The van der Waals surface area contributed by atoms with Crippen molar-refractivity contribution in [1.29, 1.82) is 0 Å². The van der Waals surface area contributed by atoms with Gasteiger partial charge in [0.05, 0.1) is 6.61 Å². The zero-order valence-corrected chi connectivity index (χ0v) is 11.9. The summed E-state index contributed by atoms with van der Waals surface area (Å²) in [5.74, 6) is 0. The van der Waals surface area contributed by atoms with Gasteiger partial charge in [0.1, 0.15) is 0 Å². The van der Waals surface area contributed by atoms with Crippen LogP contribution < -0.4 is 5.32 Å². The highest BCUT2D eigenvalue weighted by Crippen LogP contribution is 2.20. The average molecular weight is 306 g/mol. The Balaban J connectivity index is 2.06. The van der Waals surface area contributed by atoms with E-state index in [4.69, 9.17) is 5.11 Å². The van der Waals surface area contributed by atoms with Gasteiger partial charge in [-0.05, 0) is 41.8 Å². The third kappa shape index (κ3) is 3.34. The van der Waals surface area contributed by atoms with Crippen LogP contribution in [0.3, 0.4) is 0 Å². The highest BCUT2D eigenvalue weighted by molar-refractivity contribution is 9.10. The Bertz CT molecular complexity index is 540. The Labute approximate surface area is 116 Å². The number of halogens is 1. The first kappa shape index (κ1) is 13.1. The maximum Gasteiger partial charge on any atom is 0.0682 e. The zero-order chi connectivity index (χ0) is 13.0. The van der Waals surface area contributed by atoms with E-state index >= 15 is 0 Å². The van der Waals surface area contributed by atoms with E-state index in [9.17, 15) is 0 Å². The molecule has 18 heavy (non-hydrogen) atoms. The molecular formula is C15H16BrNO. The van der Waals surface area contributed by atoms with Gasteiger partial charge < -0.3 is 10.4 Å². The lowest BCUT2D eigenvalue weighted by Gasteiger charge is -2.09. The highest BCUT2D eigenvalue weighted by Gasteiger charge is 2.00. The van der Waals surface area contributed by atoms with Crippen LogP contribution in [0.25, 0.3) is 0 Å². The lowest BCUT2D eigenvalue weighted by atomic mass is 10.1. The van der Waals surface area contributed by atoms with Crippen LogP contribution in [-0.4, -0.2) is 5.11 Å². The monoisotopic (exact) mass is 305 g/mol. The van der Waals surface area contributed by atoms with Crippen molar-refractivity contribution in [1.82, 2.24) is 0 Å². The molecule has 2 aromatic carbocycles. The van der Waals surface area contributed by atoms with E-state index in [0.29, 0.717) is 0 Å². The number of aliphatic hydroxyl groups is 1. The van der Waals surface area contributed by atoms with Crippen molar-refractivity contribution in [2.75, 3.05) is 5.32 Å². The van der Waals surface area contributed by atoms with Crippen molar-refractivity contribution in [3.8, 4) is 0 Å². The highest BCUT2D eigenvalue weighted by atomic mass is 79.9. The van der Waals surface area contributed by atoms with Crippen molar-refractivity contribution in [2.24, 2.45) is 0 Å². The molecule has 0 spiro atoms. The summed E-state index contributed by atoms with van der Waals surface area (Å²) in [5, 5.41) is 12.4. The predicted octanol–water partition coefficient (Wildman–Crippen LogP) is 3.86. The van der Waals surface area contributed by atoms with Gasteiger partial charge in [0, 0.05) is 16.7 Å². The molecule has 0 radical (unpaired) electrons. The zero-order valence-electron chi connectivity index (χ0n) is 10.3. The van der Waals surface area contributed by atoms with Gasteiger partial charge in [0.15, 0.2) is 0 Å². The summed E-state index contributed by atoms with van der Waals surface area (Å²) in [4.78, 5) is 0. The largest absolute Gasteiger partial charge is 0.392 e. The van der Waals surface area contributed by atoms with Gasteiger partial charge in [0.2, 0.25) is 0 Å². The van der Waals surface area contributed by atoms with Gasteiger partial charge in [-0.2, -0.15) is 0 Å².